The number of hydrogen-bond donors (Lipinski definition) is 2. The first kappa shape index (κ1) is 18.3. The van der Waals surface area contributed by atoms with Crippen molar-refractivity contribution in [2.24, 2.45) is 0 Å². The van der Waals surface area contributed by atoms with Gasteiger partial charge in [0.1, 0.15) is 16.6 Å². The molecule has 2 heterocycles. The molecule has 0 spiro atoms. The van der Waals surface area contributed by atoms with Gasteiger partial charge < -0.3 is 15.0 Å². The largest absolute Gasteiger partial charge is 0.497 e. The van der Waals surface area contributed by atoms with Gasteiger partial charge >= 0.3 is 0 Å². The van der Waals surface area contributed by atoms with Crippen molar-refractivity contribution >= 4 is 45.4 Å². The number of nitrogens with zero attached hydrogens (tertiary/aromatic N) is 1. The lowest BCUT2D eigenvalue weighted by Crippen LogP contribution is -2.32. The predicted octanol–water partition coefficient (Wildman–Crippen LogP) is 3.89. The van der Waals surface area contributed by atoms with Crippen molar-refractivity contribution in [2.75, 3.05) is 12.4 Å². The van der Waals surface area contributed by atoms with E-state index in [2.05, 4.69) is 10.3 Å². The fourth-order valence-electron chi connectivity index (χ4n) is 2.64. The predicted molar refractivity (Wildman–Crippen MR) is 107 cm³/mol. The Hall–Kier alpha value is -2.45. The van der Waals surface area contributed by atoms with Gasteiger partial charge in [-0.05, 0) is 55.9 Å². The maximum atomic E-state index is 12.8. The summed E-state index contributed by atoms with van der Waals surface area (Å²) in [4.78, 5) is 30.4. The zero-order valence-electron chi connectivity index (χ0n) is 14.7. The summed E-state index contributed by atoms with van der Waals surface area (Å²) in [5.41, 5.74) is 0.368. The monoisotopic (exact) mass is 389 g/mol. The van der Waals surface area contributed by atoms with Crippen molar-refractivity contribution in [3.63, 3.8) is 0 Å². The third-order valence-electron chi connectivity index (χ3n) is 4.14. The number of anilines is 1. The summed E-state index contributed by atoms with van der Waals surface area (Å²) in [5.74, 6) is 0.381. The first-order chi connectivity index (χ1) is 12.4. The first-order valence-corrected chi connectivity index (χ1v) is 9.39. The van der Waals surface area contributed by atoms with Crippen LogP contribution in [0.3, 0.4) is 0 Å². The molecule has 3 rings (SSSR count). The second-order valence-electron chi connectivity index (χ2n) is 5.81. The van der Waals surface area contributed by atoms with Gasteiger partial charge in [0.15, 0.2) is 4.77 Å². The van der Waals surface area contributed by atoms with Crippen LogP contribution in [-0.4, -0.2) is 22.6 Å². The summed E-state index contributed by atoms with van der Waals surface area (Å²) in [6, 6.07) is 8.09. The average Bonchev–Trinajstić information content (AvgIpc) is 3.05. The number of carbonyl (C=O) groups is 1. The molecule has 1 unspecified atom stereocenters. The lowest BCUT2D eigenvalue weighted by Gasteiger charge is -2.15. The van der Waals surface area contributed by atoms with E-state index in [0.717, 1.165) is 16.1 Å². The van der Waals surface area contributed by atoms with Gasteiger partial charge in [0, 0.05) is 10.6 Å². The smallest absolute Gasteiger partial charge is 0.263 e. The van der Waals surface area contributed by atoms with Gasteiger partial charge in [-0.1, -0.05) is 6.92 Å². The minimum Gasteiger partial charge on any atom is -0.497 e. The summed E-state index contributed by atoms with van der Waals surface area (Å²) in [6.45, 7) is 3.69. The molecule has 2 N–H and O–H groups in total. The number of benzene rings is 1. The Balaban J connectivity index is 1.93. The standard InChI is InChI=1S/C18H19N3O3S2/c1-4-13-9-14-16(26-13)20-18(25)21(17(14)23)10(2)15(22)19-11-5-7-12(24-3)8-6-11/h5-10H,4H2,1-3H3,(H,19,22)(H,20,25). The Labute approximate surface area is 159 Å². The molecule has 0 radical (unpaired) electrons. The second kappa shape index (κ2) is 7.43. The van der Waals surface area contributed by atoms with Crippen LogP contribution in [0.25, 0.3) is 10.2 Å². The molecule has 1 amide bonds. The number of aryl methyl sites for hydroxylation is 1. The van der Waals surface area contributed by atoms with E-state index in [-0.39, 0.29) is 16.2 Å². The van der Waals surface area contributed by atoms with E-state index in [1.54, 1.807) is 38.3 Å². The van der Waals surface area contributed by atoms with Crippen molar-refractivity contribution in [1.29, 1.82) is 0 Å². The van der Waals surface area contributed by atoms with Crippen molar-refractivity contribution in [1.82, 2.24) is 9.55 Å². The van der Waals surface area contributed by atoms with Crippen LogP contribution in [0.4, 0.5) is 5.69 Å². The van der Waals surface area contributed by atoms with E-state index in [0.29, 0.717) is 16.8 Å². The lowest BCUT2D eigenvalue weighted by molar-refractivity contribution is -0.118. The minimum atomic E-state index is -0.747. The number of aromatic amines is 1. The van der Waals surface area contributed by atoms with E-state index >= 15 is 0 Å². The zero-order chi connectivity index (χ0) is 18.8. The maximum Gasteiger partial charge on any atom is 0.263 e. The minimum absolute atomic E-state index is 0.240. The van der Waals surface area contributed by atoms with E-state index < -0.39 is 6.04 Å². The third kappa shape index (κ3) is 3.42. The SMILES string of the molecule is CCc1cc2c(=O)n(C(C)C(=O)Nc3ccc(OC)cc3)c(=S)[nH]c2s1. The van der Waals surface area contributed by atoms with E-state index in [1.807, 2.05) is 13.0 Å². The Morgan fingerprint density at radius 3 is 2.69 bits per heavy atom. The summed E-state index contributed by atoms with van der Waals surface area (Å²) in [7, 11) is 1.58. The van der Waals surface area contributed by atoms with Crippen LogP contribution in [0.1, 0.15) is 24.8 Å². The molecule has 1 aromatic carbocycles. The molecule has 8 heteroatoms. The zero-order valence-corrected chi connectivity index (χ0v) is 16.3. The highest BCUT2D eigenvalue weighted by Gasteiger charge is 2.20. The topological polar surface area (TPSA) is 76.1 Å². The highest BCUT2D eigenvalue weighted by Crippen LogP contribution is 2.22. The number of rotatable bonds is 5. The Morgan fingerprint density at radius 2 is 2.08 bits per heavy atom. The van der Waals surface area contributed by atoms with Crippen LogP contribution in [0.15, 0.2) is 35.1 Å². The van der Waals surface area contributed by atoms with Crippen molar-refractivity contribution in [3.8, 4) is 5.75 Å². The molecule has 3 aromatic rings. The number of H-pyrrole nitrogens is 1. The fraction of sp³-hybridized carbons (Fsp3) is 0.278. The molecule has 1 atom stereocenters. The van der Waals surface area contributed by atoms with Crippen molar-refractivity contribution in [2.45, 2.75) is 26.3 Å². The molecule has 0 fully saturated rings. The number of carbonyl (C=O) groups excluding carboxylic acids is 1. The number of nitrogens with one attached hydrogen (secondary N) is 2. The Morgan fingerprint density at radius 1 is 1.38 bits per heavy atom. The van der Waals surface area contributed by atoms with Gasteiger partial charge in [-0.2, -0.15) is 0 Å². The molecule has 0 aliphatic carbocycles. The van der Waals surface area contributed by atoms with Gasteiger partial charge in [-0.3, -0.25) is 14.2 Å². The van der Waals surface area contributed by atoms with Crippen LogP contribution in [-0.2, 0) is 11.2 Å². The second-order valence-corrected chi connectivity index (χ2v) is 7.33. The summed E-state index contributed by atoms with van der Waals surface area (Å²) < 4.78 is 6.66. The van der Waals surface area contributed by atoms with Gasteiger partial charge in [-0.25, -0.2) is 0 Å². The van der Waals surface area contributed by atoms with Crippen molar-refractivity contribution < 1.29 is 9.53 Å². The summed E-state index contributed by atoms with van der Waals surface area (Å²) in [5, 5.41) is 3.36. The molecule has 26 heavy (non-hydrogen) atoms. The van der Waals surface area contributed by atoms with Gasteiger partial charge in [0.05, 0.1) is 12.5 Å². The maximum absolute atomic E-state index is 12.8. The first-order valence-electron chi connectivity index (χ1n) is 8.16. The number of fused-ring (bicyclic) bond motifs is 1. The van der Waals surface area contributed by atoms with Crippen LogP contribution >= 0.6 is 23.6 Å². The van der Waals surface area contributed by atoms with Crippen LogP contribution < -0.4 is 15.6 Å². The Bertz CT molecular complexity index is 1060. The van der Waals surface area contributed by atoms with Crippen LogP contribution in [0, 0.1) is 4.77 Å². The number of thiophene rings is 1. The number of aromatic nitrogens is 2. The third-order valence-corrected chi connectivity index (χ3v) is 5.64. The molecule has 0 saturated heterocycles. The molecule has 6 nitrogen and oxygen atoms in total. The van der Waals surface area contributed by atoms with Crippen LogP contribution in [0.5, 0.6) is 5.75 Å². The molecule has 0 aliphatic rings. The van der Waals surface area contributed by atoms with Gasteiger partial charge in [0.2, 0.25) is 5.91 Å². The van der Waals surface area contributed by atoms with E-state index in [9.17, 15) is 9.59 Å². The molecule has 136 valence electrons. The van der Waals surface area contributed by atoms with Gasteiger partial charge in [0.25, 0.3) is 5.56 Å². The number of methoxy groups -OCH3 is 1. The normalized spacial score (nSPS) is 12.1. The van der Waals surface area contributed by atoms with Crippen molar-refractivity contribution in [3.05, 3.63) is 50.3 Å². The molecule has 0 aliphatic heterocycles. The molecular weight excluding hydrogens is 370 g/mol. The fourth-order valence-corrected chi connectivity index (χ4v) is 4.03. The highest BCUT2D eigenvalue weighted by atomic mass is 32.1. The molecule has 0 saturated carbocycles. The number of hydrogen-bond acceptors (Lipinski definition) is 5. The van der Waals surface area contributed by atoms with Gasteiger partial charge in [-0.15, -0.1) is 11.3 Å². The lowest BCUT2D eigenvalue weighted by atomic mass is 10.2. The number of amides is 1. The molecule has 0 bridgehead atoms. The quantitative estimate of drug-likeness (QED) is 0.649. The van der Waals surface area contributed by atoms with E-state index in [1.165, 1.54) is 15.9 Å². The summed E-state index contributed by atoms with van der Waals surface area (Å²) >= 11 is 6.84. The average molecular weight is 390 g/mol. The molecule has 2 aromatic heterocycles. The Kier molecular flexibility index (Phi) is 5.24. The van der Waals surface area contributed by atoms with E-state index in [4.69, 9.17) is 17.0 Å². The number of ether oxygens (including phenoxy) is 1. The highest BCUT2D eigenvalue weighted by molar-refractivity contribution is 7.71. The summed E-state index contributed by atoms with van der Waals surface area (Å²) in [6.07, 6.45) is 0.840. The van der Waals surface area contributed by atoms with Crippen LogP contribution in [0.2, 0.25) is 0 Å². The molecular formula is C18H19N3O3S2.